The second-order valence-corrected chi connectivity index (χ2v) is 4.46. The van der Waals surface area contributed by atoms with Gasteiger partial charge in [-0.05, 0) is 24.3 Å². The predicted octanol–water partition coefficient (Wildman–Crippen LogP) is 3.20. The van der Waals surface area contributed by atoms with Crippen molar-refractivity contribution in [1.82, 2.24) is 9.97 Å². The Bertz CT molecular complexity index is 643. The molecular weight excluding hydrogens is 239 g/mol. The van der Waals surface area contributed by atoms with Crippen LogP contribution in [0.25, 0.3) is 20.9 Å². The lowest BCUT2D eigenvalue weighted by atomic mass is 10.2. The molecule has 84 valence electrons. The van der Waals surface area contributed by atoms with Crippen molar-refractivity contribution < 1.29 is 9.50 Å². The third-order valence-electron chi connectivity index (χ3n) is 2.37. The van der Waals surface area contributed by atoms with Crippen molar-refractivity contribution in [2.24, 2.45) is 0 Å². The maximum Gasteiger partial charge on any atom is 0.143 e. The van der Waals surface area contributed by atoms with Crippen molar-refractivity contribution in [3.8, 4) is 16.3 Å². The highest BCUT2D eigenvalue weighted by Crippen LogP contribution is 2.35. The van der Waals surface area contributed by atoms with Crippen LogP contribution in [-0.2, 0) is 0 Å². The second kappa shape index (κ2) is 3.78. The Morgan fingerprint density at radius 3 is 2.82 bits per heavy atom. The fourth-order valence-electron chi connectivity index (χ4n) is 1.60. The SMILES string of the molecule is Oc1cccc(F)c1-c1nc2cccnc2s1. The summed E-state index contributed by atoms with van der Waals surface area (Å²) in [6.07, 6.45) is 1.66. The average Bonchev–Trinajstić information content (AvgIpc) is 2.71. The number of hydrogen-bond acceptors (Lipinski definition) is 4. The first-order valence-corrected chi connectivity index (χ1v) is 5.77. The Morgan fingerprint density at radius 2 is 2.06 bits per heavy atom. The summed E-state index contributed by atoms with van der Waals surface area (Å²) in [5, 5.41) is 10.1. The van der Waals surface area contributed by atoms with E-state index in [0.29, 0.717) is 10.5 Å². The van der Waals surface area contributed by atoms with Crippen molar-refractivity contribution in [3.05, 3.63) is 42.3 Å². The second-order valence-electron chi connectivity index (χ2n) is 3.48. The summed E-state index contributed by atoms with van der Waals surface area (Å²) in [4.78, 5) is 9.13. The fraction of sp³-hybridized carbons (Fsp3) is 0. The van der Waals surface area contributed by atoms with Crippen LogP contribution in [-0.4, -0.2) is 15.1 Å². The molecule has 0 bridgehead atoms. The predicted molar refractivity (Wildman–Crippen MR) is 64.5 cm³/mol. The molecule has 0 aliphatic heterocycles. The third kappa shape index (κ3) is 1.64. The molecule has 0 fully saturated rings. The van der Waals surface area contributed by atoms with Gasteiger partial charge in [-0.15, -0.1) is 0 Å². The number of pyridine rings is 1. The van der Waals surface area contributed by atoms with Gasteiger partial charge in [-0.2, -0.15) is 0 Å². The molecule has 0 saturated heterocycles. The van der Waals surface area contributed by atoms with Crippen LogP contribution in [0.3, 0.4) is 0 Å². The molecule has 17 heavy (non-hydrogen) atoms. The van der Waals surface area contributed by atoms with Crippen LogP contribution < -0.4 is 0 Å². The molecule has 0 amide bonds. The van der Waals surface area contributed by atoms with Gasteiger partial charge in [0.2, 0.25) is 0 Å². The molecule has 0 aliphatic carbocycles. The lowest BCUT2D eigenvalue weighted by molar-refractivity contribution is 0.472. The number of phenolic OH excluding ortho intramolecular Hbond substituents is 1. The van der Waals surface area contributed by atoms with Crippen LogP contribution in [0.1, 0.15) is 0 Å². The van der Waals surface area contributed by atoms with Gasteiger partial charge in [-0.3, -0.25) is 0 Å². The van der Waals surface area contributed by atoms with Crippen LogP contribution in [0, 0.1) is 5.82 Å². The van der Waals surface area contributed by atoms with Gasteiger partial charge in [0.25, 0.3) is 0 Å². The molecule has 1 N–H and O–H groups in total. The van der Waals surface area contributed by atoms with E-state index < -0.39 is 5.82 Å². The number of rotatable bonds is 1. The van der Waals surface area contributed by atoms with E-state index in [2.05, 4.69) is 9.97 Å². The Kier molecular flexibility index (Phi) is 2.26. The molecule has 3 rings (SSSR count). The molecule has 0 spiro atoms. The molecule has 0 atom stereocenters. The summed E-state index contributed by atoms with van der Waals surface area (Å²) in [5.74, 6) is -0.590. The number of thiazole rings is 1. The molecule has 2 heterocycles. The maximum absolute atomic E-state index is 13.7. The molecule has 0 unspecified atom stereocenters. The third-order valence-corrected chi connectivity index (χ3v) is 3.37. The van der Waals surface area contributed by atoms with Gasteiger partial charge in [-0.1, -0.05) is 17.4 Å². The first-order chi connectivity index (χ1) is 8.25. The number of benzene rings is 1. The highest BCUT2D eigenvalue weighted by Gasteiger charge is 2.14. The number of nitrogens with zero attached hydrogens (tertiary/aromatic N) is 2. The van der Waals surface area contributed by atoms with Gasteiger partial charge in [0, 0.05) is 6.20 Å². The van der Waals surface area contributed by atoms with Crippen molar-refractivity contribution in [3.63, 3.8) is 0 Å². The number of phenols is 1. The van der Waals surface area contributed by atoms with Crippen molar-refractivity contribution in [2.75, 3.05) is 0 Å². The topological polar surface area (TPSA) is 46.0 Å². The Balaban J connectivity index is 2.27. The van der Waals surface area contributed by atoms with Crippen molar-refractivity contribution in [1.29, 1.82) is 0 Å². The van der Waals surface area contributed by atoms with E-state index >= 15 is 0 Å². The van der Waals surface area contributed by atoms with E-state index in [0.717, 1.165) is 4.83 Å². The monoisotopic (exact) mass is 246 g/mol. The first-order valence-electron chi connectivity index (χ1n) is 4.95. The summed E-state index contributed by atoms with van der Waals surface area (Å²) in [5.41, 5.74) is 0.839. The number of aromatic hydroxyl groups is 1. The summed E-state index contributed by atoms with van der Waals surface area (Å²) >= 11 is 1.26. The fourth-order valence-corrected chi connectivity index (χ4v) is 2.56. The van der Waals surface area contributed by atoms with E-state index in [4.69, 9.17) is 0 Å². The van der Waals surface area contributed by atoms with Gasteiger partial charge in [-0.25, -0.2) is 14.4 Å². The molecule has 3 aromatic rings. The molecular formula is C12H7FN2OS. The first kappa shape index (κ1) is 10.2. The molecule has 0 saturated carbocycles. The molecule has 1 aromatic carbocycles. The highest BCUT2D eigenvalue weighted by molar-refractivity contribution is 7.21. The number of fused-ring (bicyclic) bond motifs is 1. The minimum Gasteiger partial charge on any atom is -0.507 e. The Labute approximate surface area is 100 Å². The van der Waals surface area contributed by atoms with Crippen molar-refractivity contribution in [2.45, 2.75) is 0 Å². The van der Waals surface area contributed by atoms with Crippen LogP contribution >= 0.6 is 11.3 Å². The average molecular weight is 246 g/mol. The molecule has 2 aromatic heterocycles. The Morgan fingerprint density at radius 1 is 1.18 bits per heavy atom. The maximum atomic E-state index is 13.7. The van der Waals surface area contributed by atoms with E-state index in [-0.39, 0.29) is 11.3 Å². The standard InChI is InChI=1S/C12H7FN2OS/c13-7-3-1-5-9(16)10(7)12-15-8-4-2-6-14-11(8)17-12/h1-6,16H. The number of hydrogen-bond donors (Lipinski definition) is 1. The molecule has 0 radical (unpaired) electrons. The number of aromatic nitrogens is 2. The summed E-state index contributed by atoms with van der Waals surface area (Å²) < 4.78 is 13.7. The zero-order valence-electron chi connectivity index (χ0n) is 8.59. The van der Waals surface area contributed by atoms with E-state index in [1.807, 2.05) is 0 Å². The quantitative estimate of drug-likeness (QED) is 0.717. The van der Waals surface area contributed by atoms with Crippen LogP contribution in [0.15, 0.2) is 36.5 Å². The highest BCUT2D eigenvalue weighted by atomic mass is 32.1. The van der Waals surface area contributed by atoms with Gasteiger partial charge in [0.15, 0.2) is 0 Å². The minimum absolute atomic E-state index is 0.107. The van der Waals surface area contributed by atoms with Gasteiger partial charge in [0.1, 0.15) is 26.9 Å². The largest absolute Gasteiger partial charge is 0.507 e. The summed E-state index contributed by atoms with van der Waals surface area (Å²) in [7, 11) is 0. The van der Waals surface area contributed by atoms with Gasteiger partial charge >= 0.3 is 0 Å². The zero-order valence-corrected chi connectivity index (χ0v) is 9.41. The lowest BCUT2D eigenvalue weighted by Crippen LogP contribution is -1.83. The zero-order chi connectivity index (χ0) is 11.8. The molecule has 0 aliphatic rings. The van der Waals surface area contributed by atoms with E-state index in [9.17, 15) is 9.50 Å². The Hall–Kier alpha value is -2.01. The smallest absolute Gasteiger partial charge is 0.143 e. The van der Waals surface area contributed by atoms with E-state index in [1.54, 1.807) is 18.3 Å². The number of halogens is 1. The van der Waals surface area contributed by atoms with Crippen LogP contribution in [0.4, 0.5) is 4.39 Å². The van der Waals surface area contributed by atoms with Crippen LogP contribution in [0.5, 0.6) is 5.75 Å². The van der Waals surface area contributed by atoms with Gasteiger partial charge in [0.05, 0.1) is 5.56 Å². The molecule has 3 nitrogen and oxygen atoms in total. The van der Waals surface area contributed by atoms with Crippen molar-refractivity contribution >= 4 is 21.7 Å². The molecule has 5 heteroatoms. The van der Waals surface area contributed by atoms with Crippen LogP contribution in [0.2, 0.25) is 0 Å². The lowest BCUT2D eigenvalue weighted by Gasteiger charge is -2.00. The van der Waals surface area contributed by atoms with Gasteiger partial charge < -0.3 is 5.11 Å². The summed E-state index contributed by atoms with van der Waals surface area (Å²) in [6, 6.07) is 7.78. The normalized spacial score (nSPS) is 10.9. The van der Waals surface area contributed by atoms with E-state index in [1.165, 1.54) is 29.5 Å². The minimum atomic E-state index is -0.482. The summed E-state index contributed by atoms with van der Waals surface area (Å²) in [6.45, 7) is 0.